The second-order valence-corrected chi connectivity index (χ2v) is 4.42. The number of hydrogen-bond donors (Lipinski definition) is 2. The van der Waals surface area contributed by atoms with Gasteiger partial charge in [0, 0.05) is 17.4 Å². The van der Waals surface area contributed by atoms with Crippen molar-refractivity contribution in [3.63, 3.8) is 0 Å². The van der Waals surface area contributed by atoms with Gasteiger partial charge in [0.05, 0.1) is 0 Å². The van der Waals surface area contributed by atoms with Gasteiger partial charge < -0.3 is 10.7 Å². The predicted octanol–water partition coefficient (Wildman–Crippen LogP) is 2.39. The molecule has 2 rings (SSSR count). The summed E-state index contributed by atoms with van der Waals surface area (Å²) in [6.45, 7) is 0. The molecule has 0 bridgehead atoms. The highest BCUT2D eigenvalue weighted by molar-refractivity contribution is 5.38. The van der Waals surface area contributed by atoms with Crippen LogP contribution < -0.4 is 11.3 Å². The van der Waals surface area contributed by atoms with Gasteiger partial charge in [0.15, 0.2) is 0 Å². The summed E-state index contributed by atoms with van der Waals surface area (Å²) in [5.41, 5.74) is 7.22. The van der Waals surface area contributed by atoms with Crippen LogP contribution in [-0.2, 0) is 0 Å². The Labute approximate surface area is 89.7 Å². The molecule has 0 saturated heterocycles. The van der Waals surface area contributed by atoms with Gasteiger partial charge in [-0.3, -0.25) is 4.79 Å². The molecule has 0 radical (unpaired) electrons. The lowest BCUT2D eigenvalue weighted by Gasteiger charge is -2.14. The number of nitrogens with two attached hydrogens (primary N) is 1. The van der Waals surface area contributed by atoms with Crippen molar-refractivity contribution in [1.29, 1.82) is 0 Å². The van der Waals surface area contributed by atoms with E-state index in [9.17, 15) is 4.79 Å². The maximum absolute atomic E-state index is 11.3. The zero-order chi connectivity index (χ0) is 10.7. The van der Waals surface area contributed by atoms with E-state index in [1.54, 1.807) is 0 Å². The molecule has 1 aromatic heterocycles. The summed E-state index contributed by atoms with van der Waals surface area (Å²) in [4.78, 5) is 14.2. The molecule has 1 saturated carbocycles. The third kappa shape index (κ3) is 2.61. The summed E-state index contributed by atoms with van der Waals surface area (Å²) in [7, 11) is 0. The minimum Gasteiger partial charge on any atom is -0.399 e. The summed E-state index contributed by atoms with van der Waals surface area (Å²) < 4.78 is 0. The van der Waals surface area contributed by atoms with Gasteiger partial charge in [-0.25, -0.2) is 0 Å². The third-order valence-electron chi connectivity index (χ3n) is 3.18. The summed E-state index contributed by atoms with van der Waals surface area (Å²) in [6.07, 6.45) is 7.54. The van der Waals surface area contributed by atoms with Crippen LogP contribution in [0.15, 0.2) is 16.9 Å². The Hall–Kier alpha value is -1.25. The van der Waals surface area contributed by atoms with Gasteiger partial charge in [-0.2, -0.15) is 0 Å². The maximum atomic E-state index is 11.3. The Morgan fingerprint density at radius 2 is 1.80 bits per heavy atom. The molecule has 1 heterocycles. The van der Waals surface area contributed by atoms with Gasteiger partial charge >= 0.3 is 0 Å². The molecule has 0 amide bonds. The molecule has 3 heteroatoms. The molecular formula is C12H18N2O. The Morgan fingerprint density at radius 1 is 1.13 bits per heavy atom. The Morgan fingerprint density at radius 3 is 2.40 bits per heavy atom. The van der Waals surface area contributed by atoms with E-state index in [0.29, 0.717) is 11.6 Å². The van der Waals surface area contributed by atoms with Crippen LogP contribution in [0.5, 0.6) is 0 Å². The number of hydrogen-bond acceptors (Lipinski definition) is 2. The van der Waals surface area contributed by atoms with Gasteiger partial charge in [-0.05, 0) is 24.8 Å². The van der Waals surface area contributed by atoms with E-state index in [0.717, 1.165) is 5.69 Å². The molecule has 0 aliphatic heterocycles. The second-order valence-electron chi connectivity index (χ2n) is 4.42. The first-order valence-electron chi connectivity index (χ1n) is 5.75. The zero-order valence-electron chi connectivity index (χ0n) is 8.96. The smallest absolute Gasteiger partial charge is 0.250 e. The molecule has 3 N–H and O–H groups in total. The van der Waals surface area contributed by atoms with Crippen molar-refractivity contribution in [2.45, 2.75) is 44.4 Å². The van der Waals surface area contributed by atoms with Gasteiger partial charge in [0.1, 0.15) is 0 Å². The standard InChI is InChI=1S/C12H18N2O/c13-10-7-11(14-12(15)8-10)9-5-3-1-2-4-6-9/h7-9H,1-6H2,(H3,13,14,15). The largest absolute Gasteiger partial charge is 0.399 e. The zero-order valence-corrected chi connectivity index (χ0v) is 8.96. The van der Waals surface area contributed by atoms with Crippen molar-refractivity contribution in [2.75, 3.05) is 5.73 Å². The second kappa shape index (κ2) is 4.51. The van der Waals surface area contributed by atoms with Gasteiger partial charge in [0.2, 0.25) is 5.56 Å². The lowest BCUT2D eigenvalue weighted by molar-refractivity contribution is 0.576. The number of H-pyrrole nitrogens is 1. The SMILES string of the molecule is Nc1cc(C2CCCCCC2)[nH]c(=O)c1. The summed E-state index contributed by atoms with van der Waals surface area (Å²) >= 11 is 0. The number of aromatic amines is 1. The quantitative estimate of drug-likeness (QED) is 0.693. The van der Waals surface area contributed by atoms with Crippen LogP contribution in [0.25, 0.3) is 0 Å². The van der Waals surface area contributed by atoms with E-state index in [4.69, 9.17) is 5.73 Å². The normalized spacial score (nSPS) is 18.7. The highest BCUT2D eigenvalue weighted by Gasteiger charge is 2.15. The average Bonchev–Trinajstić information content (AvgIpc) is 2.43. The number of aromatic nitrogens is 1. The fourth-order valence-electron chi connectivity index (χ4n) is 2.40. The van der Waals surface area contributed by atoms with Crippen molar-refractivity contribution in [1.82, 2.24) is 4.98 Å². The van der Waals surface area contributed by atoms with E-state index in [1.165, 1.54) is 44.6 Å². The van der Waals surface area contributed by atoms with E-state index in [2.05, 4.69) is 4.98 Å². The van der Waals surface area contributed by atoms with E-state index >= 15 is 0 Å². The van der Waals surface area contributed by atoms with E-state index in [1.807, 2.05) is 6.07 Å². The van der Waals surface area contributed by atoms with Gasteiger partial charge in [0.25, 0.3) is 0 Å². The molecule has 1 aliphatic rings. The van der Waals surface area contributed by atoms with Gasteiger partial charge in [-0.15, -0.1) is 0 Å². The molecule has 1 aromatic rings. The lowest BCUT2D eigenvalue weighted by atomic mass is 9.96. The maximum Gasteiger partial charge on any atom is 0.250 e. The fraction of sp³-hybridized carbons (Fsp3) is 0.583. The van der Waals surface area contributed by atoms with Crippen molar-refractivity contribution in [3.8, 4) is 0 Å². The van der Waals surface area contributed by atoms with Crippen molar-refractivity contribution >= 4 is 5.69 Å². The number of nitrogen functional groups attached to an aromatic ring is 1. The first kappa shape index (κ1) is 10.3. The van der Waals surface area contributed by atoms with Crippen LogP contribution >= 0.6 is 0 Å². The van der Waals surface area contributed by atoms with Crippen LogP contribution in [0.3, 0.4) is 0 Å². The van der Waals surface area contributed by atoms with Crippen LogP contribution in [0.4, 0.5) is 5.69 Å². The molecular weight excluding hydrogens is 188 g/mol. The van der Waals surface area contributed by atoms with Crippen LogP contribution in [0.1, 0.15) is 50.1 Å². The lowest BCUT2D eigenvalue weighted by Crippen LogP contribution is -2.12. The number of rotatable bonds is 1. The van der Waals surface area contributed by atoms with Crippen molar-refractivity contribution in [3.05, 3.63) is 28.2 Å². The molecule has 0 atom stereocenters. The van der Waals surface area contributed by atoms with Crippen LogP contribution in [0, 0.1) is 0 Å². The molecule has 3 nitrogen and oxygen atoms in total. The van der Waals surface area contributed by atoms with Gasteiger partial charge in [-0.1, -0.05) is 25.7 Å². The molecule has 0 unspecified atom stereocenters. The molecule has 1 fully saturated rings. The molecule has 15 heavy (non-hydrogen) atoms. The minimum absolute atomic E-state index is 0.0748. The first-order valence-corrected chi connectivity index (χ1v) is 5.75. The summed E-state index contributed by atoms with van der Waals surface area (Å²) in [5.74, 6) is 0.503. The molecule has 0 spiro atoms. The molecule has 1 aliphatic carbocycles. The Kier molecular flexibility index (Phi) is 3.09. The minimum atomic E-state index is -0.0748. The molecule has 82 valence electrons. The number of nitrogens with one attached hydrogen (secondary N) is 1. The highest BCUT2D eigenvalue weighted by Crippen LogP contribution is 2.30. The Bertz CT molecular complexity index is 375. The van der Waals surface area contributed by atoms with Crippen LogP contribution in [-0.4, -0.2) is 4.98 Å². The first-order chi connectivity index (χ1) is 7.25. The molecule has 0 aromatic carbocycles. The number of pyridine rings is 1. The number of anilines is 1. The summed E-state index contributed by atoms with van der Waals surface area (Å²) in [5, 5.41) is 0. The monoisotopic (exact) mass is 206 g/mol. The average molecular weight is 206 g/mol. The summed E-state index contributed by atoms with van der Waals surface area (Å²) in [6, 6.07) is 3.36. The Balaban J connectivity index is 2.23. The van der Waals surface area contributed by atoms with E-state index < -0.39 is 0 Å². The predicted molar refractivity (Wildman–Crippen MR) is 61.9 cm³/mol. The van der Waals surface area contributed by atoms with Crippen molar-refractivity contribution < 1.29 is 0 Å². The van der Waals surface area contributed by atoms with Crippen LogP contribution in [0.2, 0.25) is 0 Å². The van der Waals surface area contributed by atoms with E-state index in [-0.39, 0.29) is 5.56 Å². The van der Waals surface area contributed by atoms with Crippen molar-refractivity contribution in [2.24, 2.45) is 0 Å². The topological polar surface area (TPSA) is 58.9 Å². The third-order valence-corrected chi connectivity index (χ3v) is 3.18. The fourth-order valence-corrected chi connectivity index (χ4v) is 2.40. The highest BCUT2D eigenvalue weighted by atomic mass is 16.1.